The number of piperidine rings is 1. The number of nitro groups is 1. The van der Waals surface area contributed by atoms with Crippen LogP contribution in [-0.4, -0.2) is 42.6 Å². The first-order chi connectivity index (χ1) is 13.5. The highest BCUT2D eigenvalue weighted by molar-refractivity contribution is 5.87. The lowest BCUT2D eigenvalue weighted by atomic mass is 9.91. The van der Waals surface area contributed by atoms with E-state index in [0.29, 0.717) is 30.1 Å². The van der Waals surface area contributed by atoms with Gasteiger partial charge in [0.1, 0.15) is 17.6 Å². The van der Waals surface area contributed by atoms with Crippen molar-refractivity contribution < 1.29 is 10.0 Å². The highest BCUT2D eigenvalue weighted by Gasteiger charge is 2.32. The molecule has 4 rings (SSSR count). The van der Waals surface area contributed by atoms with Crippen molar-refractivity contribution in [3.63, 3.8) is 0 Å². The van der Waals surface area contributed by atoms with Crippen molar-refractivity contribution in [2.75, 3.05) is 18.0 Å². The molecule has 3 heterocycles. The van der Waals surface area contributed by atoms with Gasteiger partial charge in [-0.15, -0.1) is 0 Å². The van der Waals surface area contributed by atoms with Crippen LogP contribution >= 0.6 is 0 Å². The predicted octanol–water partition coefficient (Wildman–Crippen LogP) is 1.51. The number of benzene rings is 1. The molecule has 2 atom stereocenters. The van der Waals surface area contributed by atoms with Gasteiger partial charge >= 0.3 is 0 Å². The number of anilines is 1. The molecule has 28 heavy (non-hydrogen) atoms. The van der Waals surface area contributed by atoms with E-state index in [0.717, 1.165) is 12.8 Å². The van der Waals surface area contributed by atoms with Gasteiger partial charge in [-0.1, -0.05) is 0 Å². The zero-order chi connectivity index (χ0) is 19.8. The van der Waals surface area contributed by atoms with Crippen LogP contribution < -0.4 is 10.5 Å². The Morgan fingerprint density at radius 3 is 2.93 bits per heavy atom. The van der Waals surface area contributed by atoms with Gasteiger partial charge in [0, 0.05) is 44.5 Å². The van der Waals surface area contributed by atoms with Crippen molar-refractivity contribution in [1.82, 2.24) is 19.5 Å². The summed E-state index contributed by atoms with van der Waals surface area (Å²) in [5, 5.41) is 22.6. The second-order valence-corrected chi connectivity index (χ2v) is 7.04. The van der Waals surface area contributed by atoms with Gasteiger partial charge in [0.25, 0.3) is 11.2 Å². The van der Waals surface area contributed by atoms with Crippen LogP contribution in [0.15, 0.2) is 35.6 Å². The highest BCUT2D eigenvalue weighted by atomic mass is 16.6. The van der Waals surface area contributed by atoms with Crippen LogP contribution in [-0.2, 0) is 7.05 Å². The zero-order valence-electron chi connectivity index (χ0n) is 15.3. The summed E-state index contributed by atoms with van der Waals surface area (Å²) >= 11 is 0. The molecule has 2 unspecified atom stereocenters. The summed E-state index contributed by atoms with van der Waals surface area (Å²) in [4.78, 5) is 35.8. The van der Waals surface area contributed by atoms with Crippen molar-refractivity contribution in [2.24, 2.45) is 13.0 Å². The number of aliphatic hydroxyl groups excluding tert-OH is 1. The third-order valence-electron chi connectivity index (χ3n) is 5.30. The second kappa shape index (κ2) is 7.04. The number of nitrogens with one attached hydrogen (secondary N) is 1. The Morgan fingerprint density at radius 1 is 1.39 bits per heavy atom. The molecular weight excluding hydrogens is 364 g/mol. The minimum absolute atomic E-state index is 0.114. The van der Waals surface area contributed by atoms with E-state index in [1.807, 2.05) is 11.9 Å². The van der Waals surface area contributed by atoms with Crippen molar-refractivity contribution in [3.8, 4) is 0 Å². The van der Waals surface area contributed by atoms with E-state index in [2.05, 4.69) is 15.0 Å². The normalized spacial score (nSPS) is 18.4. The molecule has 2 N–H and O–H groups in total. The number of aliphatic hydroxyl groups is 1. The summed E-state index contributed by atoms with van der Waals surface area (Å²) in [7, 11) is 1.82. The number of H-pyrrole nitrogens is 1. The fourth-order valence-corrected chi connectivity index (χ4v) is 3.85. The van der Waals surface area contributed by atoms with Gasteiger partial charge < -0.3 is 19.6 Å². The van der Waals surface area contributed by atoms with Crippen LogP contribution in [0, 0.1) is 16.0 Å². The monoisotopic (exact) mass is 384 g/mol. The smallest absolute Gasteiger partial charge is 0.293 e. The largest absolute Gasteiger partial charge is 0.385 e. The Balaban J connectivity index is 1.71. The lowest BCUT2D eigenvalue weighted by molar-refractivity contribution is -0.384. The van der Waals surface area contributed by atoms with Gasteiger partial charge in [-0.2, -0.15) is 0 Å². The highest BCUT2D eigenvalue weighted by Crippen LogP contribution is 2.36. The molecule has 1 saturated heterocycles. The number of aryl methyl sites for hydroxylation is 1. The minimum Gasteiger partial charge on any atom is -0.385 e. The third-order valence-corrected chi connectivity index (χ3v) is 5.30. The lowest BCUT2D eigenvalue weighted by Gasteiger charge is -2.36. The fourth-order valence-electron chi connectivity index (χ4n) is 3.85. The number of aromatic nitrogens is 4. The van der Waals surface area contributed by atoms with Gasteiger partial charge in [0.2, 0.25) is 0 Å². The average molecular weight is 384 g/mol. The molecule has 0 saturated carbocycles. The molecule has 1 aliphatic heterocycles. The number of rotatable bonds is 4. The van der Waals surface area contributed by atoms with Crippen molar-refractivity contribution in [1.29, 1.82) is 0 Å². The zero-order valence-corrected chi connectivity index (χ0v) is 15.3. The molecule has 0 bridgehead atoms. The molecule has 2 aromatic heterocycles. The first-order valence-electron chi connectivity index (χ1n) is 9.01. The molecule has 146 valence electrons. The molecule has 1 fully saturated rings. The number of nitrogens with zero attached hydrogens (tertiary/aromatic N) is 5. The van der Waals surface area contributed by atoms with Crippen LogP contribution in [0.25, 0.3) is 10.9 Å². The van der Waals surface area contributed by atoms with Crippen LogP contribution in [0.5, 0.6) is 0 Å². The molecule has 10 nitrogen and oxygen atoms in total. The summed E-state index contributed by atoms with van der Waals surface area (Å²) in [5.74, 6) is 0.463. The molecule has 0 radical (unpaired) electrons. The molecule has 3 aromatic rings. The van der Waals surface area contributed by atoms with Crippen molar-refractivity contribution in [3.05, 3.63) is 57.1 Å². The summed E-state index contributed by atoms with van der Waals surface area (Å²) in [5.41, 5.74) is 0.253. The predicted molar refractivity (Wildman–Crippen MR) is 102 cm³/mol. The van der Waals surface area contributed by atoms with E-state index in [1.165, 1.54) is 12.4 Å². The second-order valence-electron chi connectivity index (χ2n) is 7.04. The average Bonchev–Trinajstić information content (AvgIpc) is 3.12. The Labute approximate surface area is 159 Å². The van der Waals surface area contributed by atoms with Gasteiger partial charge in [0.15, 0.2) is 0 Å². The maximum absolute atomic E-state index is 12.0. The summed E-state index contributed by atoms with van der Waals surface area (Å²) in [6.45, 7) is 1.07. The Bertz CT molecular complexity index is 1090. The Morgan fingerprint density at radius 2 is 2.21 bits per heavy atom. The van der Waals surface area contributed by atoms with E-state index in [1.54, 1.807) is 23.0 Å². The summed E-state index contributed by atoms with van der Waals surface area (Å²) < 4.78 is 1.78. The van der Waals surface area contributed by atoms with Crippen LogP contribution in [0.2, 0.25) is 0 Å². The Kier molecular flexibility index (Phi) is 4.55. The maximum atomic E-state index is 12.0. The molecule has 1 aliphatic rings. The van der Waals surface area contributed by atoms with E-state index in [9.17, 15) is 20.0 Å². The van der Waals surface area contributed by atoms with Crippen LogP contribution in [0.4, 0.5) is 11.4 Å². The SMILES string of the molecule is Cn1ccnc1C(O)C1CCCN(c2cc3nc[nH]c(=O)c3cc2[N+](=O)[O-])C1. The van der Waals surface area contributed by atoms with E-state index in [-0.39, 0.29) is 17.0 Å². The number of nitro benzene ring substituents is 1. The van der Waals surface area contributed by atoms with E-state index >= 15 is 0 Å². The number of hydrogen-bond donors (Lipinski definition) is 2. The van der Waals surface area contributed by atoms with E-state index in [4.69, 9.17) is 0 Å². The lowest BCUT2D eigenvalue weighted by Crippen LogP contribution is -2.38. The van der Waals surface area contributed by atoms with Gasteiger partial charge in [-0.05, 0) is 18.9 Å². The van der Waals surface area contributed by atoms with Crippen LogP contribution in [0.1, 0.15) is 24.8 Å². The van der Waals surface area contributed by atoms with E-state index < -0.39 is 16.6 Å². The fraction of sp³-hybridized carbons (Fsp3) is 0.389. The Hall–Kier alpha value is -3.27. The molecule has 1 aromatic carbocycles. The number of imidazole rings is 1. The third kappa shape index (κ3) is 3.11. The van der Waals surface area contributed by atoms with Crippen molar-refractivity contribution >= 4 is 22.3 Å². The summed E-state index contributed by atoms with van der Waals surface area (Å²) in [6.07, 6.45) is 5.51. The maximum Gasteiger partial charge on any atom is 0.293 e. The van der Waals surface area contributed by atoms with Crippen LogP contribution in [0.3, 0.4) is 0 Å². The van der Waals surface area contributed by atoms with Crippen molar-refractivity contribution in [2.45, 2.75) is 18.9 Å². The van der Waals surface area contributed by atoms with Gasteiger partial charge in [-0.3, -0.25) is 14.9 Å². The molecule has 0 spiro atoms. The van der Waals surface area contributed by atoms with Gasteiger partial charge in [0.05, 0.1) is 22.2 Å². The first-order valence-corrected chi connectivity index (χ1v) is 9.01. The number of aromatic amines is 1. The number of hydrogen-bond acceptors (Lipinski definition) is 7. The molecule has 10 heteroatoms. The standard InChI is InChI=1S/C18H20N6O4/c1-22-6-4-19-17(22)16(25)11-3-2-5-23(9-11)14-8-13-12(7-15(14)24(27)28)18(26)21-10-20-13/h4,6-8,10-11,16,25H,2-3,5,9H2,1H3,(H,20,21,26). The summed E-state index contributed by atoms with van der Waals surface area (Å²) in [6, 6.07) is 2.85. The minimum atomic E-state index is -0.761. The first kappa shape index (κ1) is 18.1. The molecule has 0 aliphatic carbocycles. The number of fused-ring (bicyclic) bond motifs is 1. The molecular formula is C18H20N6O4. The molecule has 0 amide bonds. The quantitative estimate of drug-likeness (QED) is 0.515. The topological polar surface area (TPSA) is 130 Å². The van der Waals surface area contributed by atoms with Gasteiger partial charge in [-0.25, -0.2) is 9.97 Å².